The number of fused-ring (bicyclic) bond motifs is 2. The van der Waals surface area contributed by atoms with Gasteiger partial charge in [0.15, 0.2) is 0 Å². The topological polar surface area (TPSA) is 65.0 Å². The van der Waals surface area contributed by atoms with Gasteiger partial charge >= 0.3 is 0 Å². The number of benzene rings is 2. The Hall–Kier alpha value is -3.67. The largest absolute Gasteiger partial charge is 0.357 e. The maximum Gasteiger partial charge on any atom is 0.256 e. The first-order chi connectivity index (χ1) is 18.9. The van der Waals surface area contributed by atoms with Gasteiger partial charge in [0, 0.05) is 31.3 Å². The summed E-state index contributed by atoms with van der Waals surface area (Å²) in [4.78, 5) is 36.1. The number of aryl methyl sites for hydroxylation is 2. The van der Waals surface area contributed by atoms with Crippen LogP contribution < -0.4 is 5.32 Å². The van der Waals surface area contributed by atoms with Gasteiger partial charge in [0.1, 0.15) is 17.2 Å². The molecule has 200 valence electrons. The van der Waals surface area contributed by atoms with Crippen molar-refractivity contribution in [3.05, 3.63) is 93.8 Å². The second-order valence-electron chi connectivity index (χ2n) is 12.1. The molecule has 2 amide bonds. The average molecular weight is 521 g/mol. The minimum Gasteiger partial charge on any atom is -0.357 e. The van der Waals surface area contributed by atoms with Gasteiger partial charge in [-0.15, -0.1) is 0 Å². The van der Waals surface area contributed by atoms with Crippen LogP contribution in [-0.2, 0) is 28.9 Å². The van der Waals surface area contributed by atoms with Gasteiger partial charge in [-0.05, 0) is 67.7 Å². The van der Waals surface area contributed by atoms with Gasteiger partial charge in [0.25, 0.3) is 5.91 Å². The Bertz CT molecular complexity index is 1480. The Balaban J connectivity index is 1.08. The predicted molar refractivity (Wildman–Crippen MR) is 152 cm³/mol. The minimum absolute atomic E-state index is 0.125. The van der Waals surface area contributed by atoms with E-state index in [1.807, 2.05) is 24.1 Å². The molecule has 3 heterocycles. The quantitative estimate of drug-likeness (QED) is 0.633. The highest BCUT2D eigenvalue weighted by atomic mass is 16.2. The molecule has 0 aromatic heterocycles. The fourth-order valence-corrected chi connectivity index (χ4v) is 7.46. The third-order valence-corrected chi connectivity index (χ3v) is 9.62. The molecule has 6 nitrogen and oxygen atoms in total. The van der Waals surface area contributed by atoms with Crippen LogP contribution in [0.3, 0.4) is 0 Å². The van der Waals surface area contributed by atoms with Crippen LogP contribution in [0, 0.1) is 12.3 Å². The maximum atomic E-state index is 13.7. The van der Waals surface area contributed by atoms with E-state index in [9.17, 15) is 9.59 Å². The number of likely N-dealkylation sites (N-methyl/N-ethyl adjacent to an activating group) is 1. The molecule has 2 spiro atoms. The van der Waals surface area contributed by atoms with Gasteiger partial charge in [-0.2, -0.15) is 0 Å². The zero-order valence-corrected chi connectivity index (χ0v) is 22.9. The highest BCUT2D eigenvalue weighted by molar-refractivity contribution is 6.15. The van der Waals surface area contributed by atoms with Crippen molar-refractivity contribution in [3.8, 4) is 0 Å². The number of amides is 2. The van der Waals surface area contributed by atoms with E-state index in [4.69, 9.17) is 4.99 Å². The van der Waals surface area contributed by atoms with Gasteiger partial charge in [0.05, 0.1) is 5.41 Å². The Morgan fingerprint density at radius 1 is 1.03 bits per heavy atom. The zero-order valence-electron chi connectivity index (χ0n) is 22.9. The smallest absolute Gasteiger partial charge is 0.256 e. The van der Waals surface area contributed by atoms with Crippen molar-refractivity contribution in [2.45, 2.75) is 63.8 Å². The third-order valence-electron chi connectivity index (χ3n) is 9.62. The first kappa shape index (κ1) is 24.4. The van der Waals surface area contributed by atoms with Gasteiger partial charge in [0.2, 0.25) is 5.91 Å². The lowest BCUT2D eigenvalue weighted by molar-refractivity contribution is -0.131. The summed E-state index contributed by atoms with van der Waals surface area (Å²) in [5, 5.41) is 3.17. The minimum atomic E-state index is -0.545. The summed E-state index contributed by atoms with van der Waals surface area (Å²) in [6.45, 7) is 3.59. The number of hydrogen-bond donors (Lipinski definition) is 1. The van der Waals surface area contributed by atoms with Crippen molar-refractivity contribution >= 4 is 17.6 Å². The summed E-state index contributed by atoms with van der Waals surface area (Å²) in [7, 11) is 2.03. The average Bonchev–Trinajstić information content (AvgIpc) is 3.68. The number of nitrogens with zero attached hydrogens (tertiary/aromatic N) is 3. The number of hydrogen-bond acceptors (Lipinski definition) is 4. The number of aliphatic imine (C=N–C) groups is 1. The Morgan fingerprint density at radius 2 is 1.82 bits per heavy atom. The summed E-state index contributed by atoms with van der Waals surface area (Å²) in [6.07, 6.45) is 11.4. The van der Waals surface area contributed by atoms with Crippen LogP contribution in [0.5, 0.6) is 0 Å². The molecular formula is C33H36N4O2. The van der Waals surface area contributed by atoms with Gasteiger partial charge in [-0.1, -0.05) is 67.5 Å². The van der Waals surface area contributed by atoms with Crippen molar-refractivity contribution in [1.29, 1.82) is 0 Å². The van der Waals surface area contributed by atoms with Crippen LogP contribution in [0.1, 0.15) is 59.9 Å². The van der Waals surface area contributed by atoms with Gasteiger partial charge < -0.3 is 10.2 Å². The van der Waals surface area contributed by atoms with Crippen molar-refractivity contribution in [3.63, 3.8) is 0 Å². The second kappa shape index (κ2) is 8.94. The lowest BCUT2D eigenvalue weighted by atomic mass is 9.77. The van der Waals surface area contributed by atoms with E-state index in [1.54, 1.807) is 0 Å². The molecule has 1 saturated carbocycles. The van der Waals surface area contributed by atoms with E-state index in [1.165, 1.54) is 16.7 Å². The van der Waals surface area contributed by atoms with E-state index < -0.39 is 11.0 Å². The molecule has 2 aliphatic carbocycles. The first-order valence-electron chi connectivity index (χ1n) is 14.4. The highest BCUT2D eigenvalue weighted by Crippen LogP contribution is 2.48. The van der Waals surface area contributed by atoms with Crippen molar-refractivity contribution in [2.75, 3.05) is 20.1 Å². The van der Waals surface area contributed by atoms with E-state index in [2.05, 4.69) is 59.6 Å². The molecule has 2 aromatic carbocycles. The molecule has 1 atom stereocenters. The van der Waals surface area contributed by atoms with Crippen LogP contribution in [0.15, 0.2) is 71.0 Å². The standard InChI is InChI=1S/C33H36N4O2/c1-22-9-3-4-11-26(22)28-35-33(15-5-6-16-33)31(39)37(28)18-7-10-23-13-14-24-20-32(21-25(24)19-23)27-12-8-17-36(2)29(27)34-30(32)38/h3-4,8-9,11-14,19H,5-7,10,15-18,20-21H2,1-2H3,(H,34,38). The summed E-state index contributed by atoms with van der Waals surface area (Å²) in [5.41, 5.74) is 6.16. The van der Waals surface area contributed by atoms with E-state index in [-0.39, 0.29) is 11.8 Å². The lowest BCUT2D eigenvalue weighted by Gasteiger charge is -2.26. The molecule has 0 bridgehead atoms. The van der Waals surface area contributed by atoms with Crippen LogP contribution in [0.25, 0.3) is 0 Å². The van der Waals surface area contributed by atoms with Crippen molar-refractivity contribution in [2.24, 2.45) is 10.4 Å². The first-order valence-corrected chi connectivity index (χ1v) is 14.4. The van der Waals surface area contributed by atoms with E-state index in [0.717, 1.165) is 86.3 Å². The number of rotatable bonds is 5. The lowest BCUT2D eigenvalue weighted by Crippen LogP contribution is -2.42. The van der Waals surface area contributed by atoms with Crippen molar-refractivity contribution in [1.82, 2.24) is 15.1 Å². The predicted octanol–water partition coefficient (Wildman–Crippen LogP) is 4.46. The summed E-state index contributed by atoms with van der Waals surface area (Å²) < 4.78 is 0. The third kappa shape index (κ3) is 3.71. The van der Waals surface area contributed by atoms with Gasteiger partial charge in [-0.3, -0.25) is 19.5 Å². The van der Waals surface area contributed by atoms with Crippen LogP contribution in [-0.4, -0.2) is 53.1 Å². The summed E-state index contributed by atoms with van der Waals surface area (Å²) >= 11 is 0. The molecule has 0 saturated heterocycles. The highest BCUT2D eigenvalue weighted by Gasteiger charge is 2.52. The Kier molecular flexibility index (Phi) is 5.58. The molecule has 39 heavy (non-hydrogen) atoms. The van der Waals surface area contributed by atoms with E-state index in [0.29, 0.717) is 6.54 Å². The maximum absolute atomic E-state index is 13.7. The number of carbonyl (C=O) groups is 2. The van der Waals surface area contributed by atoms with Gasteiger partial charge in [-0.25, -0.2) is 0 Å². The molecule has 1 unspecified atom stereocenters. The monoisotopic (exact) mass is 520 g/mol. The molecule has 0 radical (unpaired) electrons. The molecule has 1 fully saturated rings. The fourth-order valence-electron chi connectivity index (χ4n) is 7.46. The van der Waals surface area contributed by atoms with Crippen LogP contribution in [0.4, 0.5) is 0 Å². The number of amidine groups is 1. The number of allylic oxidation sites excluding steroid dienone is 1. The molecular weight excluding hydrogens is 484 g/mol. The molecule has 5 aliphatic rings. The summed E-state index contributed by atoms with van der Waals surface area (Å²) in [5.74, 6) is 2.14. The molecule has 1 N–H and O–H groups in total. The summed E-state index contributed by atoms with van der Waals surface area (Å²) in [6, 6.07) is 15.0. The Morgan fingerprint density at radius 3 is 2.64 bits per heavy atom. The molecule has 3 aliphatic heterocycles. The second-order valence-corrected chi connectivity index (χ2v) is 12.1. The number of nitrogens with one attached hydrogen (secondary N) is 1. The zero-order chi connectivity index (χ0) is 26.8. The molecule has 2 aromatic rings. The number of carbonyl (C=O) groups excluding carboxylic acids is 2. The normalized spacial score (nSPS) is 24.7. The fraction of sp³-hybridized carbons (Fsp3) is 0.424. The van der Waals surface area contributed by atoms with Crippen LogP contribution in [0.2, 0.25) is 0 Å². The molecule has 6 heteroatoms. The van der Waals surface area contributed by atoms with Crippen molar-refractivity contribution < 1.29 is 9.59 Å². The molecule has 7 rings (SSSR count). The Labute approximate surface area is 230 Å². The van der Waals surface area contributed by atoms with Crippen LogP contribution >= 0.6 is 0 Å². The SMILES string of the molecule is Cc1ccccc1C1=NC2(CCCC2)C(=O)N1CCCc1ccc2c(c1)CC1(C2)C(=O)NC2=C1C=CCN2C. The van der Waals surface area contributed by atoms with E-state index >= 15 is 0 Å².